The van der Waals surface area contributed by atoms with Gasteiger partial charge in [-0.2, -0.15) is 0 Å². The van der Waals surface area contributed by atoms with Crippen molar-refractivity contribution in [1.82, 2.24) is 5.32 Å². The fraction of sp³-hybridized carbons (Fsp3) is 0.300. The van der Waals surface area contributed by atoms with E-state index in [9.17, 15) is 4.79 Å². The highest BCUT2D eigenvalue weighted by molar-refractivity contribution is 14.1. The van der Waals surface area contributed by atoms with Crippen LogP contribution < -0.4 is 5.32 Å². The zero-order valence-corrected chi connectivity index (χ0v) is 12.4. The smallest absolute Gasteiger partial charge is 0.252 e. The lowest BCUT2D eigenvalue weighted by Gasteiger charge is -2.06. The number of carbonyl (C=O) groups excluding carboxylic acids is 1. The van der Waals surface area contributed by atoms with Crippen molar-refractivity contribution < 1.29 is 4.79 Å². The SMILES string of the molecule is O=C(NCCCCl)c1cc(Br)ccc1I. The van der Waals surface area contributed by atoms with Gasteiger partial charge in [0.2, 0.25) is 0 Å². The van der Waals surface area contributed by atoms with Gasteiger partial charge in [-0.3, -0.25) is 4.79 Å². The van der Waals surface area contributed by atoms with Gasteiger partial charge in [-0.1, -0.05) is 15.9 Å². The van der Waals surface area contributed by atoms with E-state index < -0.39 is 0 Å². The molecule has 0 atom stereocenters. The predicted molar refractivity (Wildman–Crippen MR) is 74.5 cm³/mol. The number of alkyl halides is 1. The summed E-state index contributed by atoms with van der Waals surface area (Å²) in [6, 6.07) is 5.64. The molecule has 0 aliphatic heterocycles. The van der Waals surface area contributed by atoms with Gasteiger partial charge in [0.1, 0.15) is 0 Å². The minimum Gasteiger partial charge on any atom is -0.352 e. The van der Waals surface area contributed by atoms with E-state index in [-0.39, 0.29) is 5.91 Å². The first-order valence-electron chi connectivity index (χ1n) is 4.44. The summed E-state index contributed by atoms with van der Waals surface area (Å²) in [5, 5.41) is 2.82. The summed E-state index contributed by atoms with van der Waals surface area (Å²) in [5.74, 6) is 0.515. The Balaban J connectivity index is 2.68. The summed E-state index contributed by atoms with van der Waals surface area (Å²) in [6.45, 7) is 0.616. The number of halogens is 3. The summed E-state index contributed by atoms with van der Waals surface area (Å²) in [5.41, 5.74) is 0.694. The van der Waals surface area contributed by atoms with E-state index in [0.717, 1.165) is 14.5 Å². The van der Waals surface area contributed by atoms with Crippen LogP contribution in [0.5, 0.6) is 0 Å². The summed E-state index contributed by atoms with van der Waals surface area (Å²) in [6.07, 6.45) is 0.790. The molecule has 0 saturated heterocycles. The third kappa shape index (κ3) is 4.28. The number of carbonyl (C=O) groups is 1. The van der Waals surface area contributed by atoms with Crippen LogP contribution in [0.2, 0.25) is 0 Å². The second-order valence-electron chi connectivity index (χ2n) is 2.92. The van der Waals surface area contributed by atoms with Gasteiger partial charge in [0.05, 0.1) is 5.56 Å². The van der Waals surface area contributed by atoms with Crippen LogP contribution in [0.3, 0.4) is 0 Å². The molecule has 0 saturated carbocycles. The van der Waals surface area contributed by atoms with Crippen LogP contribution in [0.1, 0.15) is 16.8 Å². The van der Waals surface area contributed by atoms with Gasteiger partial charge < -0.3 is 5.32 Å². The molecule has 15 heavy (non-hydrogen) atoms. The molecule has 1 N–H and O–H groups in total. The van der Waals surface area contributed by atoms with Crippen LogP contribution >= 0.6 is 50.1 Å². The Hall–Kier alpha value is 0.190. The van der Waals surface area contributed by atoms with E-state index in [4.69, 9.17) is 11.6 Å². The van der Waals surface area contributed by atoms with Gasteiger partial charge in [-0.25, -0.2) is 0 Å². The van der Waals surface area contributed by atoms with Crippen LogP contribution in [0, 0.1) is 3.57 Å². The number of hydrogen-bond acceptors (Lipinski definition) is 1. The van der Waals surface area contributed by atoms with Crippen LogP contribution in [-0.2, 0) is 0 Å². The zero-order chi connectivity index (χ0) is 11.3. The van der Waals surface area contributed by atoms with Crippen LogP contribution in [-0.4, -0.2) is 18.3 Å². The Morgan fingerprint density at radius 2 is 2.27 bits per heavy atom. The Labute approximate surface area is 116 Å². The molecule has 2 nitrogen and oxygen atoms in total. The van der Waals surface area contributed by atoms with Crippen molar-refractivity contribution in [2.75, 3.05) is 12.4 Å². The van der Waals surface area contributed by atoms with Crippen molar-refractivity contribution in [2.45, 2.75) is 6.42 Å². The number of rotatable bonds is 4. The Kier molecular flexibility index (Phi) is 5.92. The second kappa shape index (κ2) is 6.70. The average Bonchev–Trinajstić information content (AvgIpc) is 2.22. The Morgan fingerprint density at radius 3 is 2.93 bits per heavy atom. The molecule has 0 fully saturated rings. The number of nitrogens with one attached hydrogen (secondary N) is 1. The molecule has 5 heteroatoms. The van der Waals surface area contributed by atoms with Gasteiger partial charge >= 0.3 is 0 Å². The van der Waals surface area contributed by atoms with E-state index in [1.54, 1.807) is 0 Å². The van der Waals surface area contributed by atoms with Crippen LogP contribution in [0.25, 0.3) is 0 Å². The standard InChI is InChI=1S/C10H10BrClINO/c11-7-2-3-9(13)8(6-7)10(15)14-5-1-4-12/h2-3,6H,1,4-5H2,(H,14,15). The first-order valence-corrected chi connectivity index (χ1v) is 6.85. The fourth-order valence-electron chi connectivity index (χ4n) is 1.04. The number of hydrogen-bond donors (Lipinski definition) is 1. The number of amides is 1. The van der Waals surface area contributed by atoms with E-state index in [0.29, 0.717) is 18.0 Å². The quantitative estimate of drug-likeness (QED) is 0.467. The van der Waals surface area contributed by atoms with Crippen molar-refractivity contribution in [3.8, 4) is 0 Å². The van der Waals surface area contributed by atoms with Crippen LogP contribution in [0.4, 0.5) is 0 Å². The van der Waals surface area contributed by atoms with E-state index in [1.807, 2.05) is 18.2 Å². The monoisotopic (exact) mass is 401 g/mol. The molecule has 0 aliphatic carbocycles. The largest absolute Gasteiger partial charge is 0.352 e. The fourth-order valence-corrected chi connectivity index (χ4v) is 2.11. The average molecular weight is 402 g/mol. The van der Waals surface area contributed by atoms with Gasteiger partial charge in [0, 0.05) is 20.5 Å². The molecule has 82 valence electrons. The molecule has 1 aromatic rings. The highest BCUT2D eigenvalue weighted by Gasteiger charge is 2.09. The third-order valence-electron chi connectivity index (χ3n) is 1.77. The van der Waals surface area contributed by atoms with Crippen molar-refractivity contribution in [2.24, 2.45) is 0 Å². The lowest BCUT2D eigenvalue weighted by atomic mass is 10.2. The molecule has 1 aromatic carbocycles. The summed E-state index contributed by atoms with van der Waals surface area (Å²) < 4.78 is 1.85. The molecule has 0 aromatic heterocycles. The van der Waals surface area contributed by atoms with Gasteiger partial charge in [0.25, 0.3) is 5.91 Å². The minimum atomic E-state index is -0.0502. The zero-order valence-electron chi connectivity index (χ0n) is 7.90. The maximum absolute atomic E-state index is 11.7. The third-order valence-corrected chi connectivity index (χ3v) is 3.47. The van der Waals surface area contributed by atoms with E-state index in [1.165, 1.54) is 0 Å². The van der Waals surface area contributed by atoms with Crippen molar-refractivity contribution in [1.29, 1.82) is 0 Å². The van der Waals surface area contributed by atoms with Gasteiger partial charge in [-0.05, 0) is 47.2 Å². The molecule has 0 radical (unpaired) electrons. The van der Waals surface area contributed by atoms with Crippen molar-refractivity contribution in [3.05, 3.63) is 31.8 Å². The summed E-state index contributed by atoms with van der Waals surface area (Å²) in [7, 11) is 0. The Morgan fingerprint density at radius 1 is 1.53 bits per heavy atom. The summed E-state index contributed by atoms with van der Waals surface area (Å²) >= 11 is 11.0. The second-order valence-corrected chi connectivity index (χ2v) is 5.38. The molecular weight excluding hydrogens is 392 g/mol. The van der Waals surface area contributed by atoms with Gasteiger partial charge in [0.15, 0.2) is 0 Å². The molecule has 0 bridgehead atoms. The van der Waals surface area contributed by atoms with Crippen molar-refractivity contribution in [3.63, 3.8) is 0 Å². The molecule has 0 aliphatic rings. The highest BCUT2D eigenvalue weighted by Crippen LogP contribution is 2.18. The predicted octanol–water partition coefficient (Wildman–Crippen LogP) is 3.41. The highest BCUT2D eigenvalue weighted by atomic mass is 127. The van der Waals surface area contributed by atoms with E-state index in [2.05, 4.69) is 43.8 Å². The maximum Gasteiger partial charge on any atom is 0.252 e. The molecule has 1 amide bonds. The molecule has 0 spiro atoms. The van der Waals surface area contributed by atoms with Crippen LogP contribution in [0.15, 0.2) is 22.7 Å². The lowest BCUT2D eigenvalue weighted by molar-refractivity contribution is 0.0953. The van der Waals surface area contributed by atoms with Crippen molar-refractivity contribution >= 4 is 56.0 Å². The topological polar surface area (TPSA) is 29.1 Å². The molecular formula is C10H10BrClINO. The number of benzene rings is 1. The first-order chi connectivity index (χ1) is 7.15. The summed E-state index contributed by atoms with van der Waals surface area (Å²) in [4.78, 5) is 11.7. The lowest BCUT2D eigenvalue weighted by Crippen LogP contribution is -2.25. The van der Waals surface area contributed by atoms with Gasteiger partial charge in [-0.15, -0.1) is 11.6 Å². The Bertz CT molecular complexity index is 359. The normalized spacial score (nSPS) is 10.1. The molecule has 1 rings (SSSR count). The first kappa shape index (κ1) is 13.3. The van der Waals surface area contributed by atoms with E-state index >= 15 is 0 Å². The maximum atomic E-state index is 11.7. The minimum absolute atomic E-state index is 0.0502. The molecule has 0 unspecified atom stereocenters. The molecule has 0 heterocycles.